The summed E-state index contributed by atoms with van der Waals surface area (Å²) in [5.41, 5.74) is 3.28. The molecule has 20 heavy (non-hydrogen) atoms. The third-order valence-electron chi connectivity index (χ3n) is 2.80. The molecule has 0 N–H and O–H groups in total. The normalized spacial score (nSPS) is 10.3. The first-order valence-electron chi connectivity index (χ1n) is 6.09. The number of rotatable bonds is 4. The molecule has 2 rings (SSSR count). The molecule has 0 radical (unpaired) electrons. The molecule has 0 amide bonds. The van der Waals surface area contributed by atoms with E-state index in [4.69, 9.17) is 16.3 Å². The Bertz CT molecular complexity index is 635. The van der Waals surface area contributed by atoms with Gasteiger partial charge < -0.3 is 4.74 Å². The minimum absolute atomic E-state index is 0.0768. The van der Waals surface area contributed by atoms with Crippen molar-refractivity contribution in [2.75, 3.05) is 0 Å². The van der Waals surface area contributed by atoms with Crippen LogP contribution in [0.5, 0.6) is 5.75 Å². The van der Waals surface area contributed by atoms with Crippen LogP contribution in [-0.4, -0.2) is 4.92 Å². The summed E-state index contributed by atoms with van der Waals surface area (Å²) in [6.07, 6.45) is 0. The molecule has 5 heteroatoms. The summed E-state index contributed by atoms with van der Waals surface area (Å²) in [5.74, 6) is 0.514. The van der Waals surface area contributed by atoms with Crippen molar-refractivity contribution in [1.82, 2.24) is 0 Å². The number of nitro groups is 1. The van der Waals surface area contributed by atoms with Crippen LogP contribution in [0.3, 0.4) is 0 Å². The molecule has 0 fully saturated rings. The van der Waals surface area contributed by atoms with Crippen LogP contribution in [0, 0.1) is 24.0 Å². The number of benzene rings is 2. The second kappa shape index (κ2) is 5.92. The second-order valence-corrected chi connectivity index (χ2v) is 5.06. The SMILES string of the molecule is Cc1cc(C)cc(COc2ccc([N+](=O)[O-])c(Cl)c2)c1. The predicted molar refractivity (Wildman–Crippen MR) is 78.4 cm³/mol. The van der Waals surface area contributed by atoms with E-state index >= 15 is 0 Å². The van der Waals surface area contributed by atoms with E-state index in [1.54, 1.807) is 6.07 Å². The van der Waals surface area contributed by atoms with Crippen molar-refractivity contribution in [3.05, 3.63) is 68.2 Å². The Balaban J connectivity index is 2.11. The zero-order valence-electron chi connectivity index (χ0n) is 11.2. The topological polar surface area (TPSA) is 52.4 Å². The quantitative estimate of drug-likeness (QED) is 0.618. The fraction of sp³-hybridized carbons (Fsp3) is 0.200. The van der Waals surface area contributed by atoms with Crippen molar-refractivity contribution < 1.29 is 9.66 Å². The molecule has 0 bridgehead atoms. The van der Waals surface area contributed by atoms with Gasteiger partial charge in [-0.25, -0.2) is 0 Å². The van der Waals surface area contributed by atoms with Crippen LogP contribution >= 0.6 is 11.6 Å². The summed E-state index contributed by atoms with van der Waals surface area (Å²) in [4.78, 5) is 10.1. The third kappa shape index (κ3) is 3.48. The molecular formula is C15H14ClNO3. The number of halogens is 1. The predicted octanol–water partition coefficient (Wildman–Crippen LogP) is 4.44. The van der Waals surface area contributed by atoms with Crippen LogP contribution < -0.4 is 4.74 Å². The van der Waals surface area contributed by atoms with Gasteiger partial charge in [-0.3, -0.25) is 10.1 Å². The van der Waals surface area contributed by atoms with E-state index in [1.807, 2.05) is 26.0 Å². The van der Waals surface area contributed by atoms with Crippen LogP contribution in [0.2, 0.25) is 5.02 Å². The van der Waals surface area contributed by atoms with Crippen molar-refractivity contribution in [2.45, 2.75) is 20.5 Å². The summed E-state index contributed by atoms with van der Waals surface area (Å²) in [7, 11) is 0. The summed E-state index contributed by atoms with van der Waals surface area (Å²) in [6, 6.07) is 10.5. The van der Waals surface area contributed by atoms with Crippen molar-refractivity contribution in [2.24, 2.45) is 0 Å². The molecule has 0 aliphatic rings. The number of hydrogen-bond donors (Lipinski definition) is 0. The van der Waals surface area contributed by atoms with E-state index in [-0.39, 0.29) is 10.7 Å². The zero-order chi connectivity index (χ0) is 14.7. The van der Waals surface area contributed by atoms with Gasteiger partial charge in [-0.05, 0) is 25.5 Å². The molecule has 0 spiro atoms. The number of nitrogens with zero attached hydrogens (tertiary/aromatic N) is 1. The van der Waals surface area contributed by atoms with E-state index in [0.717, 1.165) is 5.56 Å². The minimum Gasteiger partial charge on any atom is -0.489 e. The molecule has 0 aliphatic heterocycles. The van der Waals surface area contributed by atoms with Crippen molar-refractivity contribution >= 4 is 17.3 Å². The van der Waals surface area contributed by atoms with Crippen molar-refractivity contribution in [3.63, 3.8) is 0 Å². The highest BCUT2D eigenvalue weighted by Gasteiger charge is 2.12. The highest BCUT2D eigenvalue weighted by atomic mass is 35.5. The Kier molecular flexibility index (Phi) is 4.25. The summed E-state index contributed by atoms with van der Waals surface area (Å²) < 4.78 is 5.61. The first kappa shape index (κ1) is 14.3. The van der Waals surface area contributed by atoms with Gasteiger partial charge in [0, 0.05) is 12.1 Å². The van der Waals surface area contributed by atoms with Crippen LogP contribution in [-0.2, 0) is 6.61 Å². The Labute approximate surface area is 122 Å². The van der Waals surface area contributed by atoms with E-state index in [0.29, 0.717) is 12.4 Å². The maximum absolute atomic E-state index is 10.7. The van der Waals surface area contributed by atoms with Gasteiger partial charge in [0.1, 0.15) is 17.4 Å². The highest BCUT2D eigenvalue weighted by molar-refractivity contribution is 6.32. The fourth-order valence-corrected chi connectivity index (χ4v) is 2.28. The minimum atomic E-state index is -0.518. The highest BCUT2D eigenvalue weighted by Crippen LogP contribution is 2.28. The molecule has 2 aromatic rings. The van der Waals surface area contributed by atoms with E-state index in [1.165, 1.54) is 23.3 Å². The maximum atomic E-state index is 10.7. The summed E-state index contributed by atoms with van der Waals surface area (Å²) >= 11 is 5.83. The first-order chi connectivity index (χ1) is 9.45. The first-order valence-corrected chi connectivity index (χ1v) is 6.47. The smallest absolute Gasteiger partial charge is 0.288 e. The number of ether oxygens (including phenoxy) is 1. The average Bonchev–Trinajstić information content (AvgIpc) is 2.35. The lowest BCUT2D eigenvalue weighted by atomic mass is 10.1. The fourth-order valence-electron chi connectivity index (χ4n) is 2.04. The van der Waals surface area contributed by atoms with Gasteiger partial charge in [-0.1, -0.05) is 40.9 Å². The maximum Gasteiger partial charge on any atom is 0.288 e. The van der Waals surface area contributed by atoms with Gasteiger partial charge in [0.2, 0.25) is 0 Å². The molecule has 4 nitrogen and oxygen atoms in total. The molecular weight excluding hydrogens is 278 g/mol. The molecule has 104 valence electrons. The molecule has 2 aromatic carbocycles. The largest absolute Gasteiger partial charge is 0.489 e. The lowest BCUT2D eigenvalue weighted by Gasteiger charge is -2.08. The number of aryl methyl sites for hydroxylation is 2. The van der Waals surface area contributed by atoms with Crippen LogP contribution in [0.25, 0.3) is 0 Å². The van der Waals surface area contributed by atoms with Gasteiger partial charge in [-0.2, -0.15) is 0 Å². The Morgan fingerprint density at radius 1 is 1.15 bits per heavy atom. The van der Waals surface area contributed by atoms with Crippen LogP contribution in [0.4, 0.5) is 5.69 Å². The van der Waals surface area contributed by atoms with E-state index < -0.39 is 4.92 Å². The molecule has 0 unspecified atom stereocenters. The Morgan fingerprint density at radius 3 is 2.35 bits per heavy atom. The van der Waals surface area contributed by atoms with Gasteiger partial charge in [-0.15, -0.1) is 0 Å². The molecule has 0 aliphatic carbocycles. The zero-order valence-corrected chi connectivity index (χ0v) is 12.0. The average molecular weight is 292 g/mol. The summed E-state index contributed by atoms with van der Waals surface area (Å²) in [5, 5.41) is 10.7. The van der Waals surface area contributed by atoms with Crippen molar-refractivity contribution in [3.8, 4) is 5.75 Å². The van der Waals surface area contributed by atoms with E-state index in [9.17, 15) is 10.1 Å². The summed E-state index contributed by atoms with van der Waals surface area (Å²) in [6.45, 7) is 4.45. The number of hydrogen-bond acceptors (Lipinski definition) is 3. The molecule has 0 heterocycles. The van der Waals surface area contributed by atoms with Crippen LogP contribution in [0.1, 0.15) is 16.7 Å². The second-order valence-electron chi connectivity index (χ2n) is 4.65. The Morgan fingerprint density at radius 2 is 1.80 bits per heavy atom. The lowest BCUT2D eigenvalue weighted by molar-refractivity contribution is -0.384. The third-order valence-corrected chi connectivity index (χ3v) is 3.11. The van der Waals surface area contributed by atoms with Crippen LogP contribution in [0.15, 0.2) is 36.4 Å². The molecule has 0 saturated carbocycles. The van der Waals surface area contributed by atoms with Gasteiger partial charge in [0.15, 0.2) is 0 Å². The van der Waals surface area contributed by atoms with Gasteiger partial charge >= 0.3 is 0 Å². The standard InChI is InChI=1S/C15H14ClNO3/c1-10-5-11(2)7-12(6-10)9-20-13-3-4-15(17(18)19)14(16)8-13/h3-8H,9H2,1-2H3. The lowest BCUT2D eigenvalue weighted by Crippen LogP contribution is -1.97. The monoisotopic (exact) mass is 291 g/mol. The number of nitro benzene ring substituents is 1. The Hall–Kier alpha value is -2.07. The molecule has 0 saturated heterocycles. The molecule has 0 atom stereocenters. The van der Waals surface area contributed by atoms with Gasteiger partial charge in [0.25, 0.3) is 5.69 Å². The molecule has 0 aromatic heterocycles. The van der Waals surface area contributed by atoms with Crippen molar-refractivity contribution in [1.29, 1.82) is 0 Å². The van der Waals surface area contributed by atoms with Gasteiger partial charge in [0.05, 0.1) is 4.92 Å². The van der Waals surface area contributed by atoms with E-state index in [2.05, 4.69) is 6.07 Å².